The van der Waals surface area contributed by atoms with Crippen molar-refractivity contribution >= 4 is 20.9 Å². The largest absolute Gasteiger partial charge is 0.494 e. The molecule has 0 saturated carbocycles. The Morgan fingerprint density at radius 3 is 2.50 bits per heavy atom. The van der Waals surface area contributed by atoms with Gasteiger partial charge in [0, 0.05) is 18.8 Å². The normalized spacial score (nSPS) is 15.1. The van der Waals surface area contributed by atoms with Crippen molar-refractivity contribution < 1.29 is 18.3 Å². The standard InChI is InChI=1S/C20H23N3O4S/c1-13(2)27-15-5-7-16(8-6-15)28(25,26)22-10-11-23-18(12-22)19-17(20(23)24)9-4-14(3)21-19/h4-9,13,24H,10-12H2,1-3H3. The average Bonchev–Trinajstić information content (AvgIpc) is 2.93. The highest BCUT2D eigenvalue weighted by molar-refractivity contribution is 7.89. The molecular formula is C20H23N3O4S. The molecule has 0 saturated heterocycles. The summed E-state index contributed by atoms with van der Waals surface area (Å²) in [5.74, 6) is 0.779. The van der Waals surface area contributed by atoms with Gasteiger partial charge in [0.15, 0.2) is 0 Å². The van der Waals surface area contributed by atoms with Gasteiger partial charge in [-0.3, -0.25) is 4.98 Å². The van der Waals surface area contributed by atoms with Crippen molar-refractivity contribution in [2.24, 2.45) is 0 Å². The molecule has 148 valence electrons. The van der Waals surface area contributed by atoms with E-state index in [2.05, 4.69) is 4.98 Å². The molecule has 4 rings (SSSR count). The molecule has 0 bridgehead atoms. The maximum atomic E-state index is 13.1. The molecule has 0 radical (unpaired) electrons. The van der Waals surface area contributed by atoms with E-state index in [1.807, 2.05) is 32.9 Å². The van der Waals surface area contributed by atoms with Crippen molar-refractivity contribution in [3.63, 3.8) is 0 Å². The number of hydrogen-bond donors (Lipinski definition) is 1. The van der Waals surface area contributed by atoms with Crippen LogP contribution in [-0.2, 0) is 23.1 Å². The number of aromatic hydroxyl groups is 1. The van der Waals surface area contributed by atoms with Gasteiger partial charge < -0.3 is 14.4 Å². The quantitative estimate of drug-likeness (QED) is 0.726. The number of rotatable bonds is 4. The van der Waals surface area contributed by atoms with E-state index in [-0.39, 0.29) is 30.0 Å². The van der Waals surface area contributed by atoms with Crippen LogP contribution < -0.4 is 4.74 Å². The molecule has 0 unspecified atom stereocenters. The smallest absolute Gasteiger partial charge is 0.243 e. The number of fused-ring (bicyclic) bond motifs is 3. The number of nitrogens with zero attached hydrogens (tertiary/aromatic N) is 3. The third kappa shape index (κ3) is 3.12. The summed E-state index contributed by atoms with van der Waals surface area (Å²) in [7, 11) is -3.66. The molecule has 8 heteroatoms. The first-order valence-electron chi connectivity index (χ1n) is 9.22. The zero-order valence-corrected chi connectivity index (χ0v) is 16.9. The highest BCUT2D eigenvalue weighted by atomic mass is 32.2. The third-order valence-corrected chi connectivity index (χ3v) is 6.72. The summed E-state index contributed by atoms with van der Waals surface area (Å²) in [6, 6.07) is 10.1. The van der Waals surface area contributed by atoms with Crippen molar-refractivity contribution in [3.8, 4) is 11.6 Å². The monoisotopic (exact) mass is 401 g/mol. The maximum Gasteiger partial charge on any atom is 0.243 e. The molecule has 3 heterocycles. The Kier molecular flexibility index (Phi) is 4.55. The van der Waals surface area contributed by atoms with E-state index < -0.39 is 10.0 Å². The van der Waals surface area contributed by atoms with Crippen molar-refractivity contribution in [3.05, 3.63) is 47.8 Å². The summed E-state index contributed by atoms with van der Waals surface area (Å²) >= 11 is 0. The minimum absolute atomic E-state index is 0.0225. The Morgan fingerprint density at radius 1 is 1.11 bits per heavy atom. The van der Waals surface area contributed by atoms with E-state index in [0.29, 0.717) is 28.9 Å². The predicted molar refractivity (Wildman–Crippen MR) is 106 cm³/mol. The van der Waals surface area contributed by atoms with Gasteiger partial charge in [-0.1, -0.05) is 0 Å². The Morgan fingerprint density at radius 2 is 1.82 bits per heavy atom. The lowest BCUT2D eigenvalue weighted by atomic mass is 10.2. The van der Waals surface area contributed by atoms with Crippen molar-refractivity contribution in [2.45, 2.75) is 44.9 Å². The van der Waals surface area contributed by atoms with Crippen molar-refractivity contribution in [1.29, 1.82) is 0 Å². The molecule has 1 aromatic carbocycles. The summed E-state index contributed by atoms with van der Waals surface area (Å²) in [6.07, 6.45) is 0.0225. The van der Waals surface area contributed by atoms with Crippen LogP contribution in [0.25, 0.3) is 10.9 Å². The van der Waals surface area contributed by atoms with Gasteiger partial charge in [-0.15, -0.1) is 0 Å². The van der Waals surface area contributed by atoms with E-state index >= 15 is 0 Å². The van der Waals surface area contributed by atoms with Crippen molar-refractivity contribution in [1.82, 2.24) is 13.9 Å². The minimum atomic E-state index is -3.66. The fourth-order valence-corrected chi connectivity index (χ4v) is 4.93. The summed E-state index contributed by atoms with van der Waals surface area (Å²) in [5.41, 5.74) is 2.19. The lowest BCUT2D eigenvalue weighted by molar-refractivity contribution is 0.242. The zero-order chi connectivity index (χ0) is 20.1. The molecule has 28 heavy (non-hydrogen) atoms. The molecule has 1 aliphatic rings. The molecule has 0 atom stereocenters. The second kappa shape index (κ2) is 6.79. The van der Waals surface area contributed by atoms with Crippen LogP contribution >= 0.6 is 0 Å². The van der Waals surface area contributed by atoms with Crippen LogP contribution in [0.4, 0.5) is 0 Å². The van der Waals surface area contributed by atoms with Crippen molar-refractivity contribution in [2.75, 3.05) is 6.54 Å². The molecule has 2 aromatic heterocycles. The fourth-order valence-electron chi connectivity index (χ4n) is 3.53. The highest BCUT2D eigenvalue weighted by Gasteiger charge is 2.32. The maximum absolute atomic E-state index is 13.1. The number of sulfonamides is 1. The molecule has 1 N–H and O–H groups in total. The molecule has 1 aliphatic heterocycles. The number of ether oxygens (including phenoxy) is 1. The number of aryl methyl sites for hydroxylation is 1. The van der Waals surface area contributed by atoms with Gasteiger partial charge in [0.05, 0.1) is 34.1 Å². The first-order chi connectivity index (χ1) is 13.3. The van der Waals surface area contributed by atoms with E-state index in [1.54, 1.807) is 28.8 Å². The van der Waals surface area contributed by atoms with Gasteiger partial charge in [-0.2, -0.15) is 4.31 Å². The van der Waals surface area contributed by atoms with Crippen LogP contribution in [-0.4, -0.2) is 40.0 Å². The number of hydrogen-bond acceptors (Lipinski definition) is 5. The molecule has 0 aliphatic carbocycles. The minimum Gasteiger partial charge on any atom is -0.494 e. The van der Waals surface area contributed by atoms with Gasteiger partial charge in [0.2, 0.25) is 15.9 Å². The van der Waals surface area contributed by atoms with E-state index in [4.69, 9.17) is 4.74 Å². The Bertz CT molecular complexity index is 1130. The lowest BCUT2D eigenvalue weighted by Gasteiger charge is -2.28. The molecular weight excluding hydrogens is 378 g/mol. The SMILES string of the molecule is Cc1ccc2c(O)n3c(c2n1)CN(S(=O)(=O)c1ccc(OC(C)C)cc1)CC3. The van der Waals surface area contributed by atoms with Gasteiger partial charge in [0.1, 0.15) is 5.75 Å². The second-order valence-electron chi connectivity index (χ2n) is 7.25. The van der Waals surface area contributed by atoms with Crippen LogP contribution in [0.3, 0.4) is 0 Å². The van der Waals surface area contributed by atoms with Gasteiger partial charge >= 0.3 is 0 Å². The number of benzene rings is 1. The first kappa shape index (κ1) is 18.8. The first-order valence-corrected chi connectivity index (χ1v) is 10.7. The topological polar surface area (TPSA) is 84.7 Å². The van der Waals surface area contributed by atoms with Crippen LogP contribution in [0.2, 0.25) is 0 Å². The number of pyridine rings is 1. The van der Waals surface area contributed by atoms with Gasteiger partial charge in [-0.25, -0.2) is 8.42 Å². The lowest BCUT2D eigenvalue weighted by Crippen LogP contribution is -2.38. The van der Waals surface area contributed by atoms with E-state index in [9.17, 15) is 13.5 Å². The molecule has 7 nitrogen and oxygen atoms in total. The predicted octanol–water partition coefficient (Wildman–Crippen LogP) is 3.04. The highest BCUT2D eigenvalue weighted by Crippen LogP contribution is 2.35. The van der Waals surface area contributed by atoms with Crippen LogP contribution in [0.1, 0.15) is 25.2 Å². The van der Waals surface area contributed by atoms with Crippen LogP contribution in [0.5, 0.6) is 11.6 Å². The molecule has 3 aromatic rings. The Balaban J connectivity index is 1.67. The summed E-state index contributed by atoms with van der Waals surface area (Å²) in [6.45, 7) is 6.54. The molecule has 0 amide bonds. The van der Waals surface area contributed by atoms with Gasteiger partial charge in [0.25, 0.3) is 0 Å². The fraction of sp³-hybridized carbons (Fsp3) is 0.350. The van der Waals surface area contributed by atoms with Gasteiger partial charge in [-0.05, 0) is 57.2 Å². The third-order valence-electron chi connectivity index (χ3n) is 4.86. The second-order valence-corrected chi connectivity index (χ2v) is 9.19. The number of aromatic nitrogens is 2. The summed E-state index contributed by atoms with van der Waals surface area (Å²) < 4.78 is 35.0. The van der Waals surface area contributed by atoms with E-state index in [0.717, 1.165) is 5.69 Å². The van der Waals surface area contributed by atoms with Crippen LogP contribution in [0.15, 0.2) is 41.3 Å². The molecule has 0 spiro atoms. The Labute approximate surface area is 164 Å². The Hall–Kier alpha value is -2.58. The van der Waals surface area contributed by atoms with Crippen LogP contribution in [0, 0.1) is 6.92 Å². The summed E-state index contributed by atoms with van der Waals surface area (Å²) in [4.78, 5) is 4.74. The zero-order valence-electron chi connectivity index (χ0n) is 16.1. The average molecular weight is 401 g/mol. The summed E-state index contributed by atoms with van der Waals surface area (Å²) in [5, 5.41) is 11.1. The van der Waals surface area contributed by atoms with E-state index in [1.165, 1.54) is 4.31 Å². The molecule has 0 fully saturated rings.